The standard InChI is InChI=1S/C16H18F3N3O3/c1-24-9-14-20-15(25-21-14)8-22-7-10(23)6-13(22)11-4-2-3-5-12(11)16(17,18)19/h2-5,10,13,23H,6-9H2,1H3/t10-,13+/m1/s1. The van der Waals surface area contributed by atoms with E-state index in [4.69, 9.17) is 9.26 Å². The minimum absolute atomic E-state index is 0.142. The number of benzene rings is 1. The molecular formula is C16H18F3N3O3. The Labute approximate surface area is 142 Å². The molecule has 2 atom stereocenters. The van der Waals surface area contributed by atoms with Crippen molar-refractivity contribution in [3.8, 4) is 0 Å². The van der Waals surface area contributed by atoms with E-state index in [1.54, 1.807) is 11.0 Å². The van der Waals surface area contributed by atoms with E-state index in [0.29, 0.717) is 5.82 Å². The third kappa shape index (κ3) is 4.00. The van der Waals surface area contributed by atoms with Gasteiger partial charge in [0.15, 0.2) is 5.82 Å². The number of rotatable bonds is 5. The van der Waals surface area contributed by atoms with Crippen LogP contribution in [-0.4, -0.2) is 39.9 Å². The van der Waals surface area contributed by atoms with Gasteiger partial charge in [0.1, 0.15) is 6.61 Å². The molecule has 0 saturated carbocycles. The maximum Gasteiger partial charge on any atom is 0.416 e. The van der Waals surface area contributed by atoms with Crippen molar-refractivity contribution >= 4 is 0 Å². The van der Waals surface area contributed by atoms with Crippen LogP contribution in [0.4, 0.5) is 13.2 Å². The van der Waals surface area contributed by atoms with Crippen LogP contribution in [0.5, 0.6) is 0 Å². The highest BCUT2D eigenvalue weighted by Crippen LogP contribution is 2.40. The number of methoxy groups -OCH3 is 1. The quantitative estimate of drug-likeness (QED) is 0.887. The number of likely N-dealkylation sites (tertiary alicyclic amines) is 1. The molecule has 2 heterocycles. The van der Waals surface area contributed by atoms with Crippen LogP contribution in [0.2, 0.25) is 0 Å². The molecule has 0 radical (unpaired) electrons. The predicted octanol–water partition coefficient (Wildman–Crippen LogP) is 2.54. The Hall–Kier alpha value is -1.97. The summed E-state index contributed by atoms with van der Waals surface area (Å²) >= 11 is 0. The van der Waals surface area contributed by atoms with E-state index < -0.39 is 23.9 Å². The molecule has 1 N–H and O–H groups in total. The molecule has 1 aliphatic rings. The first-order valence-corrected chi connectivity index (χ1v) is 7.77. The van der Waals surface area contributed by atoms with Gasteiger partial charge in [-0.25, -0.2) is 0 Å². The lowest BCUT2D eigenvalue weighted by molar-refractivity contribution is -0.138. The molecule has 0 aliphatic carbocycles. The Bertz CT molecular complexity index is 720. The molecule has 2 aromatic rings. The van der Waals surface area contributed by atoms with E-state index in [9.17, 15) is 18.3 Å². The molecule has 1 fully saturated rings. The number of β-amino-alcohol motifs (C(OH)–C–C–N with tert-alkyl or cyclic N) is 1. The third-order valence-electron chi connectivity index (χ3n) is 4.13. The summed E-state index contributed by atoms with van der Waals surface area (Å²) in [5, 5.41) is 13.7. The van der Waals surface area contributed by atoms with Crippen molar-refractivity contribution in [2.75, 3.05) is 13.7 Å². The van der Waals surface area contributed by atoms with Gasteiger partial charge >= 0.3 is 6.18 Å². The minimum atomic E-state index is -4.45. The largest absolute Gasteiger partial charge is 0.416 e. The predicted molar refractivity (Wildman–Crippen MR) is 80.2 cm³/mol. The van der Waals surface area contributed by atoms with Crippen LogP contribution >= 0.6 is 0 Å². The SMILES string of the molecule is COCc1noc(CN2C[C@H](O)C[C@H]2c2ccccc2C(F)(F)F)n1. The molecule has 3 rings (SSSR count). The topological polar surface area (TPSA) is 71.6 Å². The first-order valence-electron chi connectivity index (χ1n) is 7.77. The molecule has 0 unspecified atom stereocenters. The Morgan fingerprint density at radius 3 is 2.84 bits per heavy atom. The second-order valence-corrected chi connectivity index (χ2v) is 5.96. The molecule has 6 nitrogen and oxygen atoms in total. The molecule has 9 heteroatoms. The van der Waals surface area contributed by atoms with Crippen LogP contribution < -0.4 is 0 Å². The Morgan fingerprint density at radius 2 is 2.12 bits per heavy atom. The summed E-state index contributed by atoms with van der Waals surface area (Å²) < 4.78 is 49.9. The van der Waals surface area contributed by atoms with Crippen molar-refractivity contribution in [1.29, 1.82) is 0 Å². The summed E-state index contributed by atoms with van der Waals surface area (Å²) in [5.74, 6) is 0.639. The van der Waals surface area contributed by atoms with Gasteiger partial charge in [0, 0.05) is 19.7 Å². The third-order valence-corrected chi connectivity index (χ3v) is 4.13. The van der Waals surface area contributed by atoms with Gasteiger partial charge in [-0.15, -0.1) is 0 Å². The van der Waals surface area contributed by atoms with Gasteiger partial charge in [-0.2, -0.15) is 18.2 Å². The molecular weight excluding hydrogens is 339 g/mol. The Kier molecular flexibility index (Phi) is 5.07. The average Bonchev–Trinajstić information content (AvgIpc) is 3.14. The number of alkyl halides is 3. The number of aromatic nitrogens is 2. The van der Waals surface area contributed by atoms with Gasteiger partial charge in [0.05, 0.1) is 18.2 Å². The summed E-state index contributed by atoms with van der Waals surface area (Å²) in [6.07, 6.45) is -4.95. The van der Waals surface area contributed by atoms with Crippen LogP contribution in [0.25, 0.3) is 0 Å². The van der Waals surface area contributed by atoms with E-state index >= 15 is 0 Å². The molecule has 0 amide bonds. The molecule has 25 heavy (non-hydrogen) atoms. The highest BCUT2D eigenvalue weighted by atomic mass is 19.4. The fourth-order valence-electron chi connectivity index (χ4n) is 3.14. The van der Waals surface area contributed by atoms with Crippen molar-refractivity contribution < 1.29 is 27.5 Å². The van der Waals surface area contributed by atoms with E-state index in [1.807, 2.05) is 0 Å². The van der Waals surface area contributed by atoms with Gasteiger partial charge in [0.2, 0.25) is 5.89 Å². The summed E-state index contributed by atoms with van der Waals surface area (Å²) in [6.45, 7) is 0.579. The normalized spacial score (nSPS) is 21.8. The van der Waals surface area contributed by atoms with Gasteiger partial charge < -0.3 is 14.4 Å². The average molecular weight is 357 g/mol. The maximum absolute atomic E-state index is 13.3. The summed E-state index contributed by atoms with van der Waals surface area (Å²) in [6, 6.07) is 4.85. The lowest BCUT2D eigenvalue weighted by atomic mass is 9.97. The van der Waals surface area contributed by atoms with Gasteiger partial charge in [-0.3, -0.25) is 4.90 Å². The maximum atomic E-state index is 13.3. The number of hydrogen-bond donors (Lipinski definition) is 1. The van der Waals surface area contributed by atoms with Gasteiger partial charge in [-0.1, -0.05) is 23.4 Å². The van der Waals surface area contributed by atoms with Crippen molar-refractivity contribution in [2.24, 2.45) is 0 Å². The molecule has 1 aromatic carbocycles. The smallest absolute Gasteiger partial charge is 0.392 e. The molecule has 1 aliphatic heterocycles. The fourth-order valence-corrected chi connectivity index (χ4v) is 3.14. The summed E-state index contributed by atoms with van der Waals surface area (Å²) in [7, 11) is 1.50. The number of halogens is 3. The van der Waals surface area contributed by atoms with Gasteiger partial charge in [-0.05, 0) is 18.1 Å². The fraction of sp³-hybridized carbons (Fsp3) is 0.500. The molecule has 1 saturated heterocycles. The number of nitrogens with zero attached hydrogens (tertiary/aromatic N) is 3. The zero-order valence-electron chi connectivity index (χ0n) is 13.5. The van der Waals surface area contributed by atoms with Gasteiger partial charge in [0.25, 0.3) is 0 Å². The van der Waals surface area contributed by atoms with E-state index in [1.165, 1.54) is 19.2 Å². The zero-order chi connectivity index (χ0) is 18.0. The lowest BCUT2D eigenvalue weighted by Gasteiger charge is -2.25. The lowest BCUT2D eigenvalue weighted by Crippen LogP contribution is -2.26. The monoisotopic (exact) mass is 357 g/mol. The molecule has 136 valence electrons. The van der Waals surface area contributed by atoms with Crippen LogP contribution in [0.1, 0.15) is 35.3 Å². The molecule has 0 bridgehead atoms. The number of aliphatic hydroxyl groups is 1. The van der Waals surface area contributed by atoms with Crippen molar-refractivity contribution in [1.82, 2.24) is 15.0 Å². The van der Waals surface area contributed by atoms with Crippen LogP contribution in [0.15, 0.2) is 28.8 Å². The highest BCUT2D eigenvalue weighted by molar-refractivity contribution is 5.33. The van der Waals surface area contributed by atoms with Crippen molar-refractivity contribution in [3.63, 3.8) is 0 Å². The Morgan fingerprint density at radius 1 is 1.36 bits per heavy atom. The van der Waals surface area contributed by atoms with Crippen molar-refractivity contribution in [3.05, 3.63) is 47.1 Å². The number of hydrogen-bond acceptors (Lipinski definition) is 6. The summed E-state index contributed by atoms with van der Waals surface area (Å²) in [4.78, 5) is 5.86. The number of ether oxygens (including phenoxy) is 1. The Balaban J connectivity index is 1.85. The zero-order valence-corrected chi connectivity index (χ0v) is 13.5. The van der Waals surface area contributed by atoms with Crippen LogP contribution in [0.3, 0.4) is 0 Å². The second-order valence-electron chi connectivity index (χ2n) is 5.96. The first-order chi connectivity index (χ1) is 11.9. The van der Waals surface area contributed by atoms with E-state index in [0.717, 1.165) is 6.07 Å². The molecule has 1 aromatic heterocycles. The van der Waals surface area contributed by atoms with E-state index in [-0.39, 0.29) is 37.6 Å². The second kappa shape index (κ2) is 7.11. The highest BCUT2D eigenvalue weighted by Gasteiger charge is 2.40. The van der Waals surface area contributed by atoms with Crippen LogP contribution in [-0.2, 0) is 24.1 Å². The van der Waals surface area contributed by atoms with Crippen molar-refractivity contribution in [2.45, 2.75) is 37.9 Å². The van der Waals surface area contributed by atoms with E-state index in [2.05, 4.69) is 10.1 Å². The summed E-state index contributed by atoms with van der Waals surface area (Å²) in [5.41, 5.74) is -0.548. The minimum Gasteiger partial charge on any atom is -0.392 e. The number of aliphatic hydroxyl groups excluding tert-OH is 1. The first kappa shape index (κ1) is 17.8. The van der Waals surface area contributed by atoms with Crippen LogP contribution in [0, 0.1) is 0 Å². The molecule has 0 spiro atoms.